The van der Waals surface area contributed by atoms with Crippen molar-refractivity contribution in [3.63, 3.8) is 0 Å². The highest BCUT2D eigenvalue weighted by atomic mass is 16.5. The minimum absolute atomic E-state index is 0.671. The number of hydrogen-bond acceptors (Lipinski definition) is 8. The number of piperazine rings is 1. The van der Waals surface area contributed by atoms with E-state index in [9.17, 15) is 5.26 Å². The lowest BCUT2D eigenvalue weighted by molar-refractivity contribution is 0.122. The molecule has 2 aliphatic rings. The highest BCUT2D eigenvalue weighted by molar-refractivity contribution is 5.59. The second-order valence-corrected chi connectivity index (χ2v) is 7.18. The second-order valence-electron chi connectivity index (χ2n) is 7.18. The van der Waals surface area contributed by atoms with Crippen molar-refractivity contribution >= 4 is 17.6 Å². The van der Waals surface area contributed by atoms with Gasteiger partial charge >= 0.3 is 0 Å². The van der Waals surface area contributed by atoms with E-state index in [1.54, 1.807) is 0 Å². The van der Waals surface area contributed by atoms with Crippen LogP contribution < -0.4 is 14.7 Å². The molecule has 2 fully saturated rings. The fourth-order valence-corrected chi connectivity index (χ4v) is 3.76. The maximum atomic E-state index is 9.54. The summed E-state index contributed by atoms with van der Waals surface area (Å²) in [4.78, 5) is 20.5. The van der Waals surface area contributed by atoms with Gasteiger partial charge < -0.3 is 19.4 Å². The maximum absolute atomic E-state index is 9.54. The smallest absolute Gasteiger partial charge is 0.227 e. The average molecular weight is 379 g/mol. The third kappa shape index (κ3) is 3.71. The Labute approximate surface area is 165 Å². The number of morpholine rings is 1. The molecular weight excluding hydrogens is 354 g/mol. The summed E-state index contributed by atoms with van der Waals surface area (Å²) in [5.41, 5.74) is 2.59. The number of rotatable bonds is 3. The first-order valence-electron chi connectivity index (χ1n) is 9.69. The Hall–Kier alpha value is -2.92. The molecule has 0 N–H and O–H groups in total. The molecule has 2 aromatic rings. The number of aromatic nitrogens is 3. The number of hydrogen-bond donors (Lipinski definition) is 0. The van der Waals surface area contributed by atoms with Crippen molar-refractivity contribution in [1.82, 2.24) is 15.0 Å². The third-order valence-corrected chi connectivity index (χ3v) is 5.26. The average Bonchev–Trinajstić information content (AvgIpc) is 2.74. The van der Waals surface area contributed by atoms with Crippen molar-refractivity contribution < 1.29 is 4.74 Å². The van der Waals surface area contributed by atoms with Gasteiger partial charge in [0.2, 0.25) is 5.95 Å². The molecule has 146 valence electrons. The van der Waals surface area contributed by atoms with Crippen molar-refractivity contribution in [2.45, 2.75) is 13.8 Å². The molecule has 28 heavy (non-hydrogen) atoms. The summed E-state index contributed by atoms with van der Waals surface area (Å²) in [5.74, 6) is 2.51. The molecular formula is C20H25N7O. The molecule has 2 aliphatic heterocycles. The van der Waals surface area contributed by atoms with Crippen LogP contribution in [0.4, 0.5) is 17.6 Å². The number of anilines is 3. The standard InChI is InChI=1S/C20H25N7O/c1-15-13-16(2)23-19(17(15)14-21)26-5-7-27(8-6-26)20-22-4-3-18(24-20)25-9-11-28-12-10-25/h3-4,13H,5-12H2,1-2H3. The summed E-state index contributed by atoms with van der Waals surface area (Å²) in [6, 6.07) is 6.24. The Bertz CT molecular complexity index is 881. The molecule has 0 bridgehead atoms. The fraction of sp³-hybridized carbons (Fsp3) is 0.500. The minimum atomic E-state index is 0.671. The predicted octanol–water partition coefficient (Wildman–Crippen LogP) is 1.52. The number of ether oxygens (including phenoxy) is 1. The van der Waals surface area contributed by atoms with E-state index in [1.165, 1.54) is 0 Å². The van der Waals surface area contributed by atoms with Crippen LogP contribution in [0.25, 0.3) is 0 Å². The van der Waals surface area contributed by atoms with Crippen LogP contribution in [0.1, 0.15) is 16.8 Å². The van der Waals surface area contributed by atoms with Crippen molar-refractivity contribution in [2.75, 3.05) is 67.2 Å². The quantitative estimate of drug-likeness (QED) is 0.794. The summed E-state index contributed by atoms with van der Waals surface area (Å²) < 4.78 is 5.43. The number of nitriles is 1. The molecule has 0 aromatic carbocycles. The molecule has 0 atom stereocenters. The van der Waals surface area contributed by atoms with Gasteiger partial charge in [0, 0.05) is 51.2 Å². The first-order valence-corrected chi connectivity index (χ1v) is 9.69. The lowest BCUT2D eigenvalue weighted by Crippen LogP contribution is -2.48. The monoisotopic (exact) mass is 379 g/mol. The minimum Gasteiger partial charge on any atom is -0.378 e. The van der Waals surface area contributed by atoms with Crippen LogP contribution in [0.15, 0.2) is 18.3 Å². The summed E-state index contributed by atoms with van der Waals surface area (Å²) in [6.45, 7) is 10.3. The Morgan fingerprint density at radius 2 is 1.68 bits per heavy atom. The van der Waals surface area contributed by atoms with Crippen LogP contribution in [-0.2, 0) is 4.74 Å². The molecule has 4 heterocycles. The lowest BCUT2D eigenvalue weighted by atomic mass is 10.1. The highest BCUT2D eigenvalue weighted by Gasteiger charge is 2.24. The summed E-state index contributed by atoms with van der Waals surface area (Å²) >= 11 is 0. The van der Waals surface area contributed by atoms with Crippen LogP contribution >= 0.6 is 0 Å². The van der Waals surface area contributed by atoms with Gasteiger partial charge in [0.05, 0.1) is 18.8 Å². The normalized spacial score (nSPS) is 17.5. The van der Waals surface area contributed by atoms with Gasteiger partial charge in [-0.1, -0.05) is 0 Å². The van der Waals surface area contributed by atoms with Crippen LogP contribution in [-0.4, -0.2) is 67.4 Å². The van der Waals surface area contributed by atoms with E-state index in [1.807, 2.05) is 32.2 Å². The Morgan fingerprint density at radius 3 is 2.39 bits per heavy atom. The van der Waals surface area contributed by atoms with Gasteiger partial charge in [-0.15, -0.1) is 0 Å². The molecule has 8 heteroatoms. The Balaban J connectivity index is 1.47. The zero-order valence-electron chi connectivity index (χ0n) is 16.4. The van der Waals surface area contributed by atoms with Crippen LogP contribution in [0.2, 0.25) is 0 Å². The van der Waals surface area contributed by atoms with Gasteiger partial charge in [0.15, 0.2) is 0 Å². The van der Waals surface area contributed by atoms with Gasteiger partial charge in [-0.3, -0.25) is 0 Å². The molecule has 0 radical (unpaired) electrons. The third-order valence-electron chi connectivity index (χ3n) is 5.26. The molecule has 2 aromatic heterocycles. The predicted molar refractivity (Wildman–Crippen MR) is 108 cm³/mol. The molecule has 0 unspecified atom stereocenters. The van der Waals surface area contributed by atoms with Crippen molar-refractivity contribution in [3.05, 3.63) is 35.2 Å². The topological polar surface area (TPSA) is 81.4 Å². The zero-order chi connectivity index (χ0) is 19.5. The number of pyridine rings is 1. The Morgan fingerprint density at radius 1 is 0.964 bits per heavy atom. The van der Waals surface area contributed by atoms with Gasteiger partial charge in [-0.05, 0) is 31.5 Å². The molecule has 0 saturated carbocycles. The number of nitrogens with zero attached hydrogens (tertiary/aromatic N) is 7. The first kappa shape index (κ1) is 18.4. The van der Waals surface area contributed by atoms with Gasteiger partial charge in [0.1, 0.15) is 17.7 Å². The molecule has 4 rings (SSSR count). The van der Waals surface area contributed by atoms with E-state index in [4.69, 9.17) is 9.72 Å². The molecule has 0 aliphatic carbocycles. The van der Waals surface area contributed by atoms with E-state index in [0.29, 0.717) is 5.56 Å². The lowest BCUT2D eigenvalue weighted by Gasteiger charge is -2.36. The van der Waals surface area contributed by atoms with Gasteiger partial charge in [0.25, 0.3) is 0 Å². The van der Waals surface area contributed by atoms with Gasteiger partial charge in [-0.25, -0.2) is 9.97 Å². The van der Waals surface area contributed by atoms with Crippen LogP contribution in [0.3, 0.4) is 0 Å². The fourth-order valence-electron chi connectivity index (χ4n) is 3.76. The summed E-state index contributed by atoms with van der Waals surface area (Å²) in [7, 11) is 0. The van der Waals surface area contributed by atoms with E-state index in [0.717, 1.165) is 81.3 Å². The number of aryl methyl sites for hydroxylation is 2. The van der Waals surface area contributed by atoms with Crippen LogP contribution in [0.5, 0.6) is 0 Å². The molecule has 0 amide bonds. The SMILES string of the molecule is Cc1cc(C)c(C#N)c(N2CCN(c3nccc(N4CCOCC4)n3)CC2)n1. The van der Waals surface area contributed by atoms with Crippen molar-refractivity contribution in [3.8, 4) is 6.07 Å². The van der Waals surface area contributed by atoms with Crippen molar-refractivity contribution in [1.29, 1.82) is 5.26 Å². The van der Waals surface area contributed by atoms with Crippen LogP contribution in [0, 0.1) is 25.2 Å². The zero-order valence-corrected chi connectivity index (χ0v) is 16.4. The largest absolute Gasteiger partial charge is 0.378 e. The van der Waals surface area contributed by atoms with Gasteiger partial charge in [-0.2, -0.15) is 10.2 Å². The van der Waals surface area contributed by atoms with E-state index in [-0.39, 0.29) is 0 Å². The second kappa shape index (κ2) is 7.98. The summed E-state index contributed by atoms with van der Waals surface area (Å²) in [5, 5.41) is 9.54. The first-order chi connectivity index (χ1) is 13.7. The Kier molecular flexibility index (Phi) is 5.26. The maximum Gasteiger partial charge on any atom is 0.227 e. The molecule has 8 nitrogen and oxygen atoms in total. The van der Waals surface area contributed by atoms with E-state index in [2.05, 4.69) is 30.7 Å². The summed E-state index contributed by atoms with van der Waals surface area (Å²) in [6.07, 6.45) is 1.83. The molecule has 0 spiro atoms. The highest BCUT2D eigenvalue weighted by Crippen LogP contribution is 2.24. The van der Waals surface area contributed by atoms with E-state index < -0.39 is 0 Å². The van der Waals surface area contributed by atoms with Crippen molar-refractivity contribution in [2.24, 2.45) is 0 Å². The molecule has 2 saturated heterocycles. The van der Waals surface area contributed by atoms with E-state index >= 15 is 0 Å².